The number of hydrogen-bond donors (Lipinski definition) is 0. The molecule has 1 aromatic rings. The Hall–Kier alpha value is -2.03. The second-order valence-corrected chi connectivity index (χ2v) is 6.36. The molecule has 21 heavy (non-hydrogen) atoms. The second kappa shape index (κ2) is 6.17. The fourth-order valence-corrected chi connectivity index (χ4v) is 2.39. The average Bonchev–Trinajstić information content (AvgIpc) is 2.85. The van der Waals surface area contributed by atoms with E-state index in [0.29, 0.717) is 24.7 Å². The summed E-state index contributed by atoms with van der Waals surface area (Å²) < 4.78 is 5.42. The number of ether oxygens (including phenoxy) is 1. The SMILES string of the molecule is C#Cc1cnn(C[C@@H]2CCCN(C(=O)OC(C)(C)C)C2)n1. The van der Waals surface area contributed by atoms with Gasteiger partial charge in [-0.25, -0.2) is 4.79 Å². The molecule has 0 spiro atoms. The first-order chi connectivity index (χ1) is 9.87. The van der Waals surface area contributed by atoms with E-state index >= 15 is 0 Å². The van der Waals surface area contributed by atoms with E-state index in [1.165, 1.54) is 0 Å². The number of hydrogen-bond acceptors (Lipinski definition) is 4. The summed E-state index contributed by atoms with van der Waals surface area (Å²) in [5, 5.41) is 8.33. The molecule has 1 fully saturated rings. The monoisotopic (exact) mass is 290 g/mol. The third kappa shape index (κ3) is 4.48. The van der Waals surface area contributed by atoms with Crippen LogP contribution in [0.4, 0.5) is 4.79 Å². The highest BCUT2D eigenvalue weighted by molar-refractivity contribution is 5.68. The number of aromatic nitrogens is 3. The first-order valence-electron chi connectivity index (χ1n) is 7.22. The summed E-state index contributed by atoms with van der Waals surface area (Å²) >= 11 is 0. The standard InChI is InChI=1S/C15H22N4O2/c1-5-13-9-16-19(17-13)11-12-7-6-8-18(10-12)14(20)21-15(2,3)4/h1,9,12H,6-8,10-11H2,2-4H3/t12-/m1/s1. The molecule has 0 saturated carbocycles. The van der Waals surface area contributed by atoms with Crippen molar-refractivity contribution in [1.82, 2.24) is 19.9 Å². The van der Waals surface area contributed by atoms with E-state index in [0.717, 1.165) is 19.4 Å². The van der Waals surface area contributed by atoms with Gasteiger partial charge in [-0.2, -0.15) is 9.90 Å². The number of terminal acetylenes is 1. The van der Waals surface area contributed by atoms with Crippen molar-refractivity contribution in [2.24, 2.45) is 5.92 Å². The van der Waals surface area contributed by atoms with Crippen LogP contribution in [-0.4, -0.2) is 44.7 Å². The predicted octanol–water partition coefficient (Wildman–Crippen LogP) is 1.91. The van der Waals surface area contributed by atoms with Crippen LogP contribution in [0.1, 0.15) is 39.3 Å². The highest BCUT2D eigenvalue weighted by Crippen LogP contribution is 2.20. The summed E-state index contributed by atoms with van der Waals surface area (Å²) in [5.74, 6) is 2.78. The molecule has 114 valence electrons. The molecule has 0 aromatic carbocycles. The van der Waals surface area contributed by atoms with Crippen molar-refractivity contribution < 1.29 is 9.53 Å². The molecule has 2 rings (SSSR count). The van der Waals surface area contributed by atoms with Gasteiger partial charge >= 0.3 is 6.09 Å². The maximum Gasteiger partial charge on any atom is 0.410 e. The highest BCUT2D eigenvalue weighted by Gasteiger charge is 2.28. The van der Waals surface area contributed by atoms with Gasteiger partial charge in [0, 0.05) is 13.1 Å². The van der Waals surface area contributed by atoms with Gasteiger partial charge in [0.15, 0.2) is 5.69 Å². The Morgan fingerprint density at radius 2 is 2.33 bits per heavy atom. The van der Waals surface area contributed by atoms with Crippen molar-refractivity contribution in [3.63, 3.8) is 0 Å². The van der Waals surface area contributed by atoms with Crippen molar-refractivity contribution in [3.8, 4) is 12.3 Å². The lowest BCUT2D eigenvalue weighted by atomic mass is 9.98. The zero-order chi connectivity index (χ0) is 15.5. The minimum atomic E-state index is -0.463. The van der Waals surface area contributed by atoms with Crippen LogP contribution in [-0.2, 0) is 11.3 Å². The molecule has 2 heterocycles. The van der Waals surface area contributed by atoms with Crippen LogP contribution in [0.3, 0.4) is 0 Å². The molecule has 1 aliphatic heterocycles. The summed E-state index contributed by atoms with van der Waals surface area (Å²) in [7, 11) is 0. The Balaban J connectivity index is 1.91. The van der Waals surface area contributed by atoms with Gasteiger partial charge in [0.2, 0.25) is 0 Å². The fourth-order valence-electron chi connectivity index (χ4n) is 2.39. The molecule has 0 N–H and O–H groups in total. The number of carbonyl (C=O) groups excluding carboxylic acids is 1. The van der Waals surface area contributed by atoms with Crippen LogP contribution in [0.5, 0.6) is 0 Å². The Morgan fingerprint density at radius 3 is 2.95 bits per heavy atom. The third-order valence-corrected chi connectivity index (χ3v) is 3.28. The number of piperidine rings is 1. The number of amides is 1. The van der Waals surface area contributed by atoms with Gasteiger partial charge in [-0.1, -0.05) is 0 Å². The van der Waals surface area contributed by atoms with E-state index in [2.05, 4.69) is 16.1 Å². The van der Waals surface area contributed by atoms with Gasteiger partial charge < -0.3 is 9.64 Å². The van der Waals surface area contributed by atoms with Crippen LogP contribution >= 0.6 is 0 Å². The van der Waals surface area contributed by atoms with Crippen molar-refractivity contribution in [2.75, 3.05) is 13.1 Å². The lowest BCUT2D eigenvalue weighted by Gasteiger charge is -2.33. The second-order valence-electron chi connectivity index (χ2n) is 6.36. The molecule has 0 unspecified atom stereocenters. The smallest absolute Gasteiger partial charge is 0.410 e. The Kier molecular flexibility index (Phi) is 4.51. The van der Waals surface area contributed by atoms with Crippen LogP contribution in [0.25, 0.3) is 0 Å². The summed E-state index contributed by atoms with van der Waals surface area (Å²) in [6.07, 6.45) is 8.63. The summed E-state index contributed by atoms with van der Waals surface area (Å²) in [6, 6.07) is 0. The fraction of sp³-hybridized carbons (Fsp3) is 0.667. The molecule has 0 aliphatic carbocycles. The molecule has 0 radical (unpaired) electrons. The average molecular weight is 290 g/mol. The van der Waals surface area contributed by atoms with Crippen molar-refractivity contribution in [3.05, 3.63) is 11.9 Å². The Labute approximate surface area is 125 Å². The van der Waals surface area contributed by atoms with Crippen LogP contribution < -0.4 is 0 Å². The van der Waals surface area contributed by atoms with E-state index in [-0.39, 0.29) is 6.09 Å². The number of rotatable bonds is 2. The van der Waals surface area contributed by atoms with Crippen molar-refractivity contribution >= 4 is 6.09 Å². The van der Waals surface area contributed by atoms with Crippen molar-refractivity contribution in [1.29, 1.82) is 0 Å². The van der Waals surface area contributed by atoms with Gasteiger partial charge in [0.1, 0.15) is 5.60 Å². The molecular weight excluding hydrogens is 268 g/mol. The summed E-state index contributed by atoms with van der Waals surface area (Å²) in [4.78, 5) is 15.5. The van der Waals surface area contributed by atoms with Crippen molar-refractivity contribution in [2.45, 2.75) is 45.8 Å². The van der Waals surface area contributed by atoms with Gasteiger partial charge in [0.05, 0.1) is 12.7 Å². The molecule has 1 atom stereocenters. The molecule has 0 bridgehead atoms. The topological polar surface area (TPSA) is 60.2 Å². The minimum absolute atomic E-state index is 0.245. The molecule has 6 nitrogen and oxygen atoms in total. The Bertz CT molecular complexity index is 539. The van der Waals surface area contributed by atoms with E-state index in [9.17, 15) is 4.79 Å². The summed E-state index contributed by atoms with van der Waals surface area (Å²) in [5.41, 5.74) is 0.0738. The molecule has 1 aromatic heterocycles. The Morgan fingerprint density at radius 1 is 1.57 bits per heavy atom. The maximum atomic E-state index is 12.1. The van der Waals surface area contributed by atoms with Gasteiger partial charge in [-0.3, -0.25) is 0 Å². The summed E-state index contributed by atoms with van der Waals surface area (Å²) in [6.45, 7) is 7.71. The molecular formula is C15H22N4O2. The largest absolute Gasteiger partial charge is 0.444 e. The van der Waals surface area contributed by atoms with Crippen LogP contribution in [0.2, 0.25) is 0 Å². The molecule has 1 amide bonds. The first kappa shape index (κ1) is 15.4. The lowest BCUT2D eigenvalue weighted by Crippen LogP contribution is -2.43. The predicted molar refractivity (Wildman–Crippen MR) is 78.5 cm³/mol. The number of nitrogens with zero attached hydrogens (tertiary/aromatic N) is 4. The molecule has 1 aliphatic rings. The van der Waals surface area contributed by atoms with E-state index in [4.69, 9.17) is 11.2 Å². The number of carbonyl (C=O) groups is 1. The highest BCUT2D eigenvalue weighted by atomic mass is 16.6. The van der Waals surface area contributed by atoms with Crippen LogP contribution in [0.15, 0.2) is 6.20 Å². The van der Waals surface area contributed by atoms with E-state index in [1.54, 1.807) is 15.9 Å². The number of likely N-dealkylation sites (tertiary alicyclic amines) is 1. The quantitative estimate of drug-likeness (QED) is 0.781. The molecule has 1 saturated heterocycles. The normalized spacial score (nSPS) is 19.1. The first-order valence-corrected chi connectivity index (χ1v) is 7.22. The lowest BCUT2D eigenvalue weighted by molar-refractivity contribution is 0.0153. The third-order valence-electron chi connectivity index (χ3n) is 3.28. The van der Waals surface area contributed by atoms with E-state index in [1.807, 2.05) is 20.8 Å². The van der Waals surface area contributed by atoms with Gasteiger partial charge in [-0.05, 0) is 45.5 Å². The maximum absolute atomic E-state index is 12.1. The molecule has 6 heteroatoms. The minimum Gasteiger partial charge on any atom is -0.444 e. The van der Waals surface area contributed by atoms with Gasteiger partial charge in [-0.15, -0.1) is 11.5 Å². The van der Waals surface area contributed by atoms with E-state index < -0.39 is 5.60 Å². The zero-order valence-corrected chi connectivity index (χ0v) is 12.9. The van der Waals surface area contributed by atoms with Crippen LogP contribution in [0, 0.1) is 18.3 Å². The van der Waals surface area contributed by atoms with Gasteiger partial charge in [0.25, 0.3) is 0 Å². The zero-order valence-electron chi connectivity index (χ0n) is 12.9.